The lowest BCUT2D eigenvalue weighted by Crippen LogP contribution is -2.32. The van der Waals surface area contributed by atoms with Gasteiger partial charge in [-0.1, -0.05) is 12.1 Å². The molecule has 1 aromatic carbocycles. The lowest BCUT2D eigenvalue weighted by atomic mass is 10.0. The zero-order valence-corrected chi connectivity index (χ0v) is 8.93. The standard InChI is InChI=1S/C11H14N2O3/c1-13-9-5-3-2-4-7(9)10(14)6-8(12)11(15)16/h2-5,8,13H,6,12H2,1H3,(H,15,16)/t8-/m1/s1. The summed E-state index contributed by atoms with van der Waals surface area (Å²) in [6.45, 7) is 0. The van der Waals surface area contributed by atoms with Crippen LogP contribution in [0, 0.1) is 0 Å². The predicted molar refractivity (Wildman–Crippen MR) is 60.5 cm³/mol. The second-order valence-electron chi connectivity index (χ2n) is 3.37. The van der Waals surface area contributed by atoms with Crippen molar-refractivity contribution in [1.29, 1.82) is 0 Å². The van der Waals surface area contributed by atoms with Crippen LogP contribution >= 0.6 is 0 Å². The first kappa shape index (κ1) is 12.2. The maximum Gasteiger partial charge on any atom is 0.320 e. The van der Waals surface area contributed by atoms with Crippen molar-refractivity contribution in [3.05, 3.63) is 29.8 Å². The van der Waals surface area contributed by atoms with Crippen molar-refractivity contribution in [2.45, 2.75) is 12.5 Å². The van der Waals surface area contributed by atoms with Crippen LogP contribution < -0.4 is 11.1 Å². The SMILES string of the molecule is CNc1ccccc1C(=O)C[C@@H](N)C(=O)O. The van der Waals surface area contributed by atoms with Gasteiger partial charge >= 0.3 is 5.97 Å². The molecule has 0 bridgehead atoms. The van der Waals surface area contributed by atoms with Gasteiger partial charge in [0.15, 0.2) is 5.78 Å². The molecule has 0 aliphatic carbocycles. The molecule has 1 aromatic rings. The summed E-state index contributed by atoms with van der Waals surface area (Å²) < 4.78 is 0. The predicted octanol–water partition coefficient (Wildman–Crippen LogP) is 0.713. The van der Waals surface area contributed by atoms with Crippen LogP contribution in [0.25, 0.3) is 0 Å². The number of Topliss-reactive ketones (excluding diaryl/α,β-unsaturated/α-hetero) is 1. The highest BCUT2D eigenvalue weighted by molar-refractivity contribution is 6.03. The fourth-order valence-corrected chi connectivity index (χ4v) is 1.34. The summed E-state index contributed by atoms with van der Waals surface area (Å²) in [5, 5.41) is 11.5. The van der Waals surface area contributed by atoms with Crippen LogP contribution in [0.1, 0.15) is 16.8 Å². The van der Waals surface area contributed by atoms with Gasteiger partial charge in [0, 0.05) is 24.7 Å². The largest absolute Gasteiger partial charge is 0.480 e. The number of carbonyl (C=O) groups excluding carboxylic acids is 1. The van der Waals surface area contributed by atoms with E-state index >= 15 is 0 Å². The lowest BCUT2D eigenvalue weighted by molar-refractivity contribution is -0.138. The molecule has 0 heterocycles. The minimum absolute atomic E-state index is 0.200. The number of anilines is 1. The molecule has 0 saturated heterocycles. The number of nitrogens with two attached hydrogens (primary N) is 1. The number of rotatable bonds is 5. The van der Waals surface area contributed by atoms with Gasteiger partial charge in [-0.3, -0.25) is 9.59 Å². The van der Waals surface area contributed by atoms with Gasteiger partial charge in [-0.25, -0.2) is 0 Å². The summed E-state index contributed by atoms with van der Waals surface area (Å²) in [5.74, 6) is -1.45. The zero-order valence-electron chi connectivity index (χ0n) is 8.93. The van der Waals surface area contributed by atoms with Crippen molar-refractivity contribution >= 4 is 17.4 Å². The summed E-state index contributed by atoms with van der Waals surface area (Å²) >= 11 is 0. The van der Waals surface area contributed by atoms with Gasteiger partial charge < -0.3 is 16.2 Å². The van der Waals surface area contributed by atoms with Gasteiger partial charge in [-0.05, 0) is 12.1 Å². The Hall–Kier alpha value is -1.88. The summed E-state index contributed by atoms with van der Waals surface area (Å²) in [4.78, 5) is 22.3. The molecule has 0 radical (unpaired) electrons. The molecule has 0 amide bonds. The van der Waals surface area contributed by atoms with Crippen LogP contribution in [0.4, 0.5) is 5.69 Å². The smallest absolute Gasteiger partial charge is 0.320 e. The van der Waals surface area contributed by atoms with E-state index in [4.69, 9.17) is 10.8 Å². The van der Waals surface area contributed by atoms with E-state index in [0.29, 0.717) is 11.3 Å². The van der Waals surface area contributed by atoms with Gasteiger partial charge in [0.25, 0.3) is 0 Å². The Bertz CT molecular complexity index is 404. The molecule has 0 unspecified atom stereocenters. The van der Waals surface area contributed by atoms with E-state index in [9.17, 15) is 9.59 Å². The average Bonchev–Trinajstić information content (AvgIpc) is 2.28. The van der Waals surface area contributed by atoms with Crippen molar-refractivity contribution in [2.24, 2.45) is 5.73 Å². The van der Waals surface area contributed by atoms with E-state index in [2.05, 4.69) is 5.32 Å². The monoisotopic (exact) mass is 222 g/mol. The van der Waals surface area contributed by atoms with Crippen molar-refractivity contribution in [3.63, 3.8) is 0 Å². The number of carboxylic acid groups (broad SMARTS) is 1. The Morgan fingerprint density at radius 1 is 1.44 bits per heavy atom. The number of aliphatic carboxylic acids is 1. The molecule has 0 aliphatic rings. The van der Waals surface area contributed by atoms with Crippen LogP contribution in [-0.2, 0) is 4.79 Å². The molecular weight excluding hydrogens is 208 g/mol. The van der Waals surface area contributed by atoms with Crippen LogP contribution in [0.15, 0.2) is 24.3 Å². The Labute approximate surface area is 93.3 Å². The molecule has 5 heteroatoms. The van der Waals surface area contributed by atoms with Gasteiger partial charge in [0.05, 0.1) is 0 Å². The molecule has 0 aromatic heterocycles. The minimum atomic E-state index is -1.17. The normalized spacial score (nSPS) is 11.9. The molecule has 86 valence electrons. The van der Waals surface area contributed by atoms with Crippen molar-refractivity contribution in [3.8, 4) is 0 Å². The van der Waals surface area contributed by atoms with Crippen molar-refractivity contribution < 1.29 is 14.7 Å². The topological polar surface area (TPSA) is 92.4 Å². The number of ketones is 1. The summed E-state index contributed by atoms with van der Waals surface area (Å²) in [5.41, 5.74) is 6.44. The molecule has 1 atom stereocenters. The number of benzene rings is 1. The fourth-order valence-electron chi connectivity index (χ4n) is 1.34. The van der Waals surface area contributed by atoms with Crippen molar-refractivity contribution in [2.75, 3.05) is 12.4 Å². The maximum absolute atomic E-state index is 11.8. The fraction of sp³-hybridized carbons (Fsp3) is 0.273. The average molecular weight is 222 g/mol. The molecule has 0 aliphatic heterocycles. The van der Waals surface area contributed by atoms with E-state index in [1.54, 1.807) is 31.3 Å². The molecule has 5 nitrogen and oxygen atoms in total. The number of hydrogen-bond donors (Lipinski definition) is 3. The first-order chi connectivity index (χ1) is 7.56. The van der Waals surface area contributed by atoms with E-state index in [0.717, 1.165) is 0 Å². The van der Waals surface area contributed by atoms with Crippen LogP contribution in [0.5, 0.6) is 0 Å². The Morgan fingerprint density at radius 3 is 2.62 bits per heavy atom. The zero-order chi connectivity index (χ0) is 12.1. The molecule has 0 saturated carbocycles. The van der Waals surface area contributed by atoms with E-state index in [-0.39, 0.29) is 12.2 Å². The number of hydrogen-bond acceptors (Lipinski definition) is 4. The highest BCUT2D eigenvalue weighted by Gasteiger charge is 2.18. The number of carbonyl (C=O) groups is 2. The molecule has 4 N–H and O–H groups in total. The Morgan fingerprint density at radius 2 is 2.06 bits per heavy atom. The molecular formula is C11H14N2O3. The third-order valence-electron chi connectivity index (χ3n) is 2.22. The van der Waals surface area contributed by atoms with Gasteiger partial charge in [-0.15, -0.1) is 0 Å². The molecule has 0 spiro atoms. The van der Waals surface area contributed by atoms with E-state index < -0.39 is 12.0 Å². The van der Waals surface area contributed by atoms with Gasteiger partial charge in [0.1, 0.15) is 6.04 Å². The summed E-state index contributed by atoms with van der Waals surface area (Å²) in [7, 11) is 1.70. The van der Waals surface area contributed by atoms with Crippen molar-refractivity contribution in [1.82, 2.24) is 0 Å². The lowest BCUT2D eigenvalue weighted by Gasteiger charge is -2.09. The summed E-state index contributed by atoms with van der Waals surface area (Å²) in [6.07, 6.45) is -0.200. The molecule has 1 rings (SSSR count). The van der Waals surface area contributed by atoms with E-state index in [1.165, 1.54) is 0 Å². The number of nitrogens with one attached hydrogen (secondary N) is 1. The Kier molecular flexibility index (Phi) is 4.02. The minimum Gasteiger partial charge on any atom is -0.480 e. The van der Waals surface area contributed by atoms with Crippen LogP contribution in [0.3, 0.4) is 0 Å². The van der Waals surface area contributed by atoms with Crippen LogP contribution in [-0.4, -0.2) is 29.9 Å². The summed E-state index contributed by atoms with van der Waals surface area (Å²) in [6, 6.07) is 5.75. The van der Waals surface area contributed by atoms with Gasteiger partial charge in [-0.2, -0.15) is 0 Å². The number of carboxylic acids is 1. The highest BCUT2D eigenvalue weighted by atomic mass is 16.4. The third kappa shape index (κ3) is 2.80. The van der Waals surface area contributed by atoms with E-state index in [1.807, 2.05) is 0 Å². The Balaban J connectivity index is 2.84. The second kappa shape index (κ2) is 5.27. The second-order valence-corrected chi connectivity index (χ2v) is 3.37. The quantitative estimate of drug-likeness (QED) is 0.638. The molecule has 16 heavy (non-hydrogen) atoms. The molecule has 0 fully saturated rings. The first-order valence-electron chi connectivity index (χ1n) is 4.84. The maximum atomic E-state index is 11.8. The highest BCUT2D eigenvalue weighted by Crippen LogP contribution is 2.16. The number of para-hydroxylation sites is 1. The third-order valence-corrected chi connectivity index (χ3v) is 2.22. The first-order valence-corrected chi connectivity index (χ1v) is 4.84. The van der Waals surface area contributed by atoms with Crippen LogP contribution in [0.2, 0.25) is 0 Å². The van der Waals surface area contributed by atoms with Gasteiger partial charge in [0.2, 0.25) is 0 Å².